The van der Waals surface area contributed by atoms with Crippen LogP contribution in [-0.4, -0.2) is 34.6 Å². The van der Waals surface area contributed by atoms with Crippen LogP contribution in [0.5, 0.6) is 0 Å². The summed E-state index contributed by atoms with van der Waals surface area (Å²) >= 11 is 1.66. The van der Waals surface area contributed by atoms with E-state index in [9.17, 15) is 9.90 Å². The summed E-state index contributed by atoms with van der Waals surface area (Å²) < 4.78 is 0. The van der Waals surface area contributed by atoms with Crippen molar-refractivity contribution in [2.45, 2.75) is 39.2 Å². The lowest BCUT2D eigenvalue weighted by Crippen LogP contribution is -2.45. The van der Waals surface area contributed by atoms with Crippen molar-refractivity contribution in [2.24, 2.45) is 0 Å². The molecular weight excluding hydrogens is 234 g/mol. The molecule has 0 atom stereocenters. The maximum Gasteiger partial charge on any atom is 0.254 e. The van der Waals surface area contributed by atoms with E-state index in [4.69, 9.17) is 0 Å². The van der Waals surface area contributed by atoms with Crippen LogP contribution in [0.1, 0.15) is 39.9 Å². The molecule has 4 heteroatoms. The first-order valence-electron chi connectivity index (χ1n) is 5.98. The molecule has 0 spiro atoms. The number of aliphatic hydroxyl groups is 1. The monoisotopic (exact) mass is 253 g/mol. The largest absolute Gasteiger partial charge is 0.390 e. The molecule has 1 amide bonds. The summed E-state index contributed by atoms with van der Waals surface area (Å²) in [5.41, 5.74) is 0.227. The number of nitrogens with zero attached hydrogens (tertiary/aromatic N) is 1. The number of carbonyl (C=O) groups is 1. The Hall–Kier alpha value is -0.870. The van der Waals surface area contributed by atoms with Crippen molar-refractivity contribution >= 4 is 17.2 Å². The summed E-state index contributed by atoms with van der Waals surface area (Å²) in [6.07, 6.45) is 1.34. The van der Waals surface area contributed by atoms with Gasteiger partial charge in [-0.1, -0.05) is 0 Å². The van der Waals surface area contributed by atoms with Crippen molar-refractivity contribution in [3.63, 3.8) is 0 Å². The van der Waals surface area contributed by atoms with Gasteiger partial charge in [0.05, 0.1) is 11.2 Å². The normalized spacial score (nSPS) is 19.4. The Morgan fingerprint density at radius 3 is 2.47 bits per heavy atom. The number of likely N-dealkylation sites (tertiary alicyclic amines) is 1. The van der Waals surface area contributed by atoms with Gasteiger partial charge in [0.25, 0.3) is 5.91 Å². The number of hydrogen-bond acceptors (Lipinski definition) is 3. The lowest BCUT2D eigenvalue weighted by molar-refractivity contribution is -0.00202. The van der Waals surface area contributed by atoms with E-state index in [0.29, 0.717) is 25.9 Å². The molecule has 1 aromatic rings. The molecular formula is C13H19NO2S. The van der Waals surface area contributed by atoms with Gasteiger partial charge in [0.2, 0.25) is 0 Å². The van der Waals surface area contributed by atoms with Gasteiger partial charge in [-0.3, -0.25) is 4.79 Å². The quantitative estimate of drug-likeness (QED) is 0.834. The summed E-state index contributed by atoms with van der Waals surface area (Å²) in [5.74, 6) is 0.113. The first-order chi connectivity index (χ1) is 7.89. The summed E-state index contributed by atoms with van der Waals surface area (Å²) in [7, 11) is 0. The average molecular weight is 253 g/mol. The SMILES string of the molecule is Cc1cc(C(=O)N2CCC(C)(O)CC2)c(C)s1. The van der Waals surface area contributed by atoms with Crippen molar-refractivity contribution in [1.82, 2.24) is 4.90 Å². The number of thiophene rings is 1. The zero-order valence-corrected chi connectivity index (χ0v) is 11.4. The molecule has 1 aliphatic heterocycles. The molecule has 2 rings (SSSR count). The minimum absolute atomic E-state index is 0.113. The lowest BCUT2D eigenvalue weighted by Gasteiger charge is -2.35. The summed E-state index contributed by atoms with van der Waals surface area (Å²) in [6.45, 7) is 7.16. The smallest absolute Gasteiger partial charge is 0.254 e. The van der Waals surface area contributed by atoms with Crippen molar-refractivity contribution in [3.05, 3.63) is 21.4 Å². The number of rotatable bonds is 1. The molecule has 94 valence electrons. The van der Waals surface area contributed by atoms with Crippen LogP contribution in [0.2, 0.25) is 0 Å². The van der Waals surface area contributed by atoms with Crippen molar-refractivity contribution in [1.29, 1.82) is 0 Å². The molecule has 0 aliphatic carbocycles. The van der Waals surface area contributed by atoms with E-state index in [1.54, 1.807) is 11.3 Å². The van der Waals surface area contributed by atoms with Crippen molar-refractivity contribution in [2.75, 3.05) is 13.1 Å². The maximum absolute atomic E-state index is 12.3. The molecule has 17 heavy (non-hydrogen) atoms. The fourth-order valence-electron chi connectivity index (χ4n) is 2.21. The number of piperidine rings is 1. The van der Waals surface area contributed by atoms with E-state index in [0.717, 1.165) is 10.4 Å². The first-order valence-corrected chi connectivity index (χ1v) is 6.79. The van der Waals surface area contributed by atoms with Crippen LogP contribution in [0.25, 0.3) is 0 Å². The van der Waals surface area contributed by atoms with Gasteiger partial charge in [0, 0.05) is 22.8 Å². The lowest BCUT2D eigenvalue weighted by atomic mass is 9.93. The third kappa shape index (κ3) is 2.69. The standard InChI is InChI=1S/C13H19NO2S/c1-9-8-11(10(2)17-9)12(15)14-6-4-13(3,16)5-7-14/h8,16H,4-7H2,1-3H3. The zero-order chi connectivity index (χ0) is 12.6. The summed E-state index contributed by atoms with van der Waals surface area (Å²) in [4.78, 5) is 16.4. The molecule has 1 fully saturated rings. The Labute approximate surface area is 106 Å². The molecule has 3 nitrogen and oxygen atoms in total. The van der Waals surface area contributed by atoms with Gasteiger partial charge < -0.3 is 10.0 Å². The summed E-state index contributed by atoms with van der Waals surface area (Å²) in [6, 6.07) is 1.97. The van der Waals surface area contributed by atoms with Crippen LogP contribution >= 0.6 is 11.3 Å². The highest BCUT2D eigenvalue weighted by molar-refractivity contribution is 7.12. The Bertz CT molecular complexity index is 427. The minimum atomic E-state index is -0.601. The average Bonchev–Trinajstić information content (AvgIpc) is 2.57. The molecule has 1 saturated heterocycles. The topological polar surface area (TPSA) is 40.5 Å². The fourth-order valence-corrected chi connectivity index (χ4v) is 3.12. The van der Waals surface area contributed by atoms with E-state index in [-0.39, 0.29) is 5.91 Å². The highest BCUT2D eigenvalue weighted by Crippen LogP contribution is 2.26. The second kappa shape index (κ2) is 4.42. The van der Waals surface area contributed by atoms with Gasteiger partial charge in [0.1, 0.15) is 0 Å². The van der Waals surface area contributed by atoms with E-state index in [1.165, 1.54) is 4.88 Å². The molecule has 1 aliphatic rings. The van der Waals surface area contributed by atoms with Crippen LogP contribution in [0.15, 0.2) is 6.07 Å². The van der Waals surface area contributed by atoms with Crippen molar-refractivity contribution in [3.8, 4) is 0 Å². The van der Waals surface area contributed by atoms with Gasteiger partial charge in [-0.25, -0.2) is 0 Å². The molecule has 0 saturated carbocycles. The van der Waals surface area contributed by atoms with Gasteiger partial charge >= 0.3 is 0 Å². The van der Waals surface area contributed by atoms with E-state index < -0.39 is 5.60 Å². The predicted octanol–water partition coefficient (Wildman–Crippen LogP) is 2.35. The molecule has 0 unspecified atom stereocenters. The molecule has 2 heterocycles. The van der Waals surface area contributed by atoms with Crippen LogP contribution < -0.4 is 0 Å². The predicted molar refractivity (Wildman–Crippen MR) is 69.6 cm³/mol. The molecule has 1 aromatic heterocycles. The Morgan fingerprint density at radius 1 is 1.41 bits per heavy atom. The second-order valence-electron chi connectivity index (χ2n) is 5.12. The molecule has 1 N–H and O–H groups in total. The Kier molecular flexibility index (Phi) is 3.27. The van der Waals surface area contributed by atoms with E-state index >= 15 is 0 Å². The summed E-state index contributed by atoms with van der Waals surface area (Å²) in [5, 5.41) is 9.87. The Balaban J connectivity index is 2.09. The minimum Gasteiger partial charge on any atom is -0.390 e. The third-order valence-electron chi connectivity index (χ3n) is 3.40. The maximum atomic E-state index is 12.3. The van der Waals surface area contributed by atoms with Crippen LogP contribution in [-0.2, 0) is 0 Å². The van der Waals surface area contributed by atoms with Crippen LogP contribution in [0.4, 0.5) is 0 Å². The second-order valence-corrected chi connectivity index (χ2v) is 6.58. The number of amides is 1. The number of carbonyl (C=O) groups excluding carboxylic acids is 1. The highest BCUT2D eigenvalue weighted by atomic mass is 32.1. The zero-order valence-electron chi connectivity index (χ0n) is 10.6. The van der Waals surface area contributed by atoms with E-state index in [2.05, 4.69) is 0 Å². The van der Waals surface area contributed by atoms with Crippen LogP contribution in [0.3, 0.4) is 0 Å². The van der Waals surface area contributed by atoms with Crippen molar-refractivity contribution < 1.29 is 9.90 Å². The number of hydrogen-bond donors (Lipinski definition) is 1. The third-order valence-corrected chi connectivity index (χ3v) is 4.37. The fraction of sp³-hybridized carbons (Fsp3) is 0.615. The van der Waals surface area contributed by atoms with E-state index in [1.807, 2.05) is 31.7 Å². The van der Waals surface area contributed by atoms with Gasteiger partial charge in [0.15, 0.2) is 0 Å². The first kappa shape index (κ1) is 12.6. The highest BCUT2D eigenvalue weighted by Gasteiger charge is 2.30. The van der Waals surface area contributed by atoms with Gasteiger partial charge in [-0.05, 0) is 39.7 Å². The van der Waals surface area contributed by atoms with Crippen LogP contribution in [0, 0.1) is 13.8 Å². The molecule has 0 radical (unpaired) electrons. The number of aryl methyl sites for hydroxylation is 2. The van der Waals surface area contributed by atoms with Gasteiger partial charge in [-0.2, -0.15) is 0 Å². The Morgan fingerprint density at radius 2 is 2.00 bits per heavy atom. The van der Waals surface area contributed by atoms with Gasteiger partial charge in [-0.15, -0.1) is 11.3 Å². The molecule has 0 bridgehead atoms. The molecule has 0 aromatic carbocycles.